The van der Waals surface area contributed by atoms with Gasteiger partial charge < -0.3 is 14.7 Å². The van der Waals surface area contributed by atoms with Gasteiger partial charge in [0.25, 0.3) is 0 Å². The van der Waals surface area contributed by atoms with Crippen LogP contribution >= 0.6 is 0 Å². The molecule has 7 nitrogen and oxygen atoms in total. The fraction of sp³-hybridized carbons (Fsp3) is 0.375. The zero-order valence-electron chi connectivity index (χ0n) is 18.5. The fourth-order valence-electron chi connectivity index (χ4n) is 3.93. The molecule has 1 N–H and O–H groups in total. The van der Waals surface area contributed by atoms with Crippen molar-refractivity contribution in [2.75, 3.05) is 27.2 Å². The number of sulfonamides is 1. The van der Waals surface area contributed by atoms with Crippen molar-refractivity contribution in [3.8, 4) is 12.3 Å². The van der Waals surface area contributed by atoms with Crippen LogP contribution in [0.25, 0.3) is 5.57 Å². The molecule has 0 amide bonds. The van der Waals surface area contributed by atoms with E-state index in [4.69, 9.17) is 11.2 Å². The highest BCUT2D eigenvalue weighted by atomic mass is 32.2. The molecule has 0 spiro atoms. The Bertz CT molecular complexity index is 1130. The molecule has 1 aromatic carbocycles. The smallest absolute Gasteiger partial charge is 0.308 e. The molecule has 32 heavy (non-hydrogen) atoms. The maximum absolute atomic E-state index is 13.6. The summed E-state index contributed by atoms with van der Waals surface area (Å²) in [6.07, 6.45) is 12.0. The molecule has 0 aromatic heterocycles. The van der Waals surface area contributed by atoms with E-state index in [9.17, 15) is 18.3 Å². The molecule has 2 heterocycles. The van der Waals surface area contributed by atoms with Gasteiger partial charge in [0, 0.05) is 44.6 Å². The third-order valence-electron chi connectivity index (χ3n) is 5.76. The summed E-state index contributed by atoms with van der Waals surface area (Å²) in [6.45, 7) is 2.65. The Morgan fingerprint density at radius 3 is 2.59 bits per heavy atom. The van der Waals surface area contributed by atoms with Crippen LogP contribution in [0.2, 0.25) is 0 Å². The zero-order chi connectivity index (χ0) is 23.5. The number of carbonyl (C=O) groups is 1. The van der Waals surface area contributed by atoms with Crippen molar-refractivity contribution in [1.82, 2.24) is 9.21 Å². The molecule has 0 unspecified atom stereocenters. The van der Waals surface area contributed by atoms with E-state index in [2.05, 4.69) is 5.92 Å². The summed E-state index contributed by atoms with van der Waals surface area (Å²) in [5.74, 6) is 1.43. The van der Waals surface area contributed by atoms with Gasteiger partial charge in [-0.25, -0.2) is 8.42 Å². The van der Waals surface area contributed by atoms with Gasteiger partial charge in [-0.3, -0.25) is 4.79 Å². The van der Waals surface area contributed by atoms with Gasteiger partial charge in [-0.2, -0.15) is 4.31 Å². The lowest BCUT2D eigenvalue weighted by molar-refractivity contribution is -0.136. The highest BCUT2D eigenvalue weighted by molar-refractivity contribution is 7.89. The van der Waals surface area contributed by atoms with Crippen molar-refractivity contribution in [3.63, 3.8) is 0 Å². The molecule has 3 rings (SSSR count). The van der Waals surface area contributed by atoms with Gasteiger partial charge in [0.15, 0.2) is 0 Å². The van der Waals surface area contributed by atoms with Gasteiger partial charge >= 0.3 is 5.97 Å². The Labute approximate surface area is 189 Å². The number of carboxylic acid groups (broad SMARTS) is 1. The number of rotatable bonds is 6. The lowest BCUT2D eigenvalue weighted by Crippen LogP contribution is -2.40. The van der Waals surface area contributed by atoms with Crippen LogP contribution in [0.1, 0.15) is 30.4 Å². The molecule has 8 heteroatoms. The van der Waals surface area contributed by atoms with Crippen molar-refractivity contribution in [2.45, 2.75) is 37.2 Å². The normalized spacial score (nSPS) is 19.4. The van der Waals surface area contributed by atoms with E-state index in [0.717, 1.165) is 5.56 Å². The van der Waals surface area contributed by atoms with Gasteiger partial charge in [0.05, 0.1) is 23.1 Å². The summed E-state index contributed by atoms with van der Waals surface area (Å²) in [5, 5.41) is 9.20. The zero-order valence-corrected chi connectivity index (χ0v) is 19.4. The van der Waals surface area contributed by atoms with Crippen molar-refractivity contribution in [1.29, 1.82) is 0 Å². The fourth-order valence-corrected chi connectivity index (χ4v) is 5.70. The number of hydrogen-bond donors (Lipinski definition) is 1. The van der Waals surface area contributed by atoms with Gasteiger partial charge in [-0.15, -0.1) is 6.42 Å². The van der Waals surface area contributed by atoms with Crippen LogP contribution in [0.4, 0.5) is 0 Å². The Morgan fingerprint density at radius 2 is 2.00 bits per heavy atom. The second-order valence-corrected chi connectivity index (χ2v) is 9.85. The van der Waals surface area contributed by atoms with E-state index in [0.29, 0.717) is 48.3 Å². The molecule has 1 aromatic rings. The Balaban J connectivity index is 2.07. The number of nitrogens with zero attached hydrogens (tertiary/aromatic N) is 2. The van der Waals surface area contributed by atoms with Gasteiger partial charge in [0.2, 0.25) is 10.0 Å². The minimum atomic E-state index is -3.73. The third kappa shape index (κ3) is 4.96. The third-order valence-corrected chi connectivity index (χ3v) is 7.70. The maximum Gasteiger partial charge on any atom is 0.308 e. The molecule has 1 saturated heterocycles. The Kier molecular flexibility index (Phi) is 7.24. The van der Waals surface area contributed by atoms with Crippen LogP contribution in [0, 0.1) is 19.3 Å². The summed E-state index contributed by atoms with van der Waals surface area (Å²) in [4.78, 5) is 13.2. The number of piperidine rings is 1. The second-order valence-electron chi connectivity index (χ2n) is 7.94. The number of hydrogen-bond acceptors (Lipinski definition) is 5. The lowest BCUT2D eigenvalue weighted by Gasteiger charge is -2.31. The standard InChI is InChI=1S/C24H28N2O5S/c1-5-18(16-24(27)28)22-15-19(8-11-25(22)3)21-7-6-17(2)14-23(21)32(29,30)26-12-9-20(31-4)10-13-26/h1,6-8,11,14-15,20H,9-10,12-13,16H2,2-4H3,(H,27,28)/b22-18+. The van der Waals surface area contributed by atoms with Gasteiger partial charge in [-0.05, 0) is 49.1 Å². The van der Waals surface area contributed by atoms with Crippen molar-refractivity contribution >= 4 is 21.6 Å². The molecule has 0 saturated carbocycles. The average Bonchev–Trinajstić information content (AvgIpc) is 2.78. The van der Waals surface area contributed by atoms with Gasteiger partial charge in [0.1, 0.15) is 0 Å². The first-order chi connectivity index (χ1) is 15.2. The van der Waals surface area contributed by atoms with E-state index < -0.39 is 16.0 Å². The van der Waals surface area contributed by atoms with E-state index >= 15 is 0 Å². The van der Waals surface area contributed by atoms with Crippen molar-refractivity contribution in [3.05, 3.63) is 58.9 Å². The number of carboxylic acids is 1. The Hall–Kier alpha value is -2.86. The number of terminal acetylenes is 1. The molecule has 2 aliphatic rings. The number of allylic oxidation sites excluding steroid dienone is 3. The van der Waals surface area contributed by atoms with Crippen molar-refractivity contribution in [2.24, 2.45) is 0 Å². The summed E-state index contributed by atoms with van der Waals surface area (Å²) in [5.41, 5.74) is 2.92. The highest BCUT2D eigenvalue weighted by Gasteiger charge is 2.32. The van der Waals surface area contributed by atoms with E-state index in [1.165, 1.54) is 4.31 Å². The SMILES string of the molecule is C#C/C(CC(=O)O)=C1/C=C(c2ccc(C)cc2S(=O)(=O)N2CCC(OC)CC2)C=CN1C. The van der Waals surface area contributed by atoms with Gasteiger partial charge in [-0.1, -0.05) is 18.1 Å². The monoisotopic (exact) mass is 456 g/mol. The van der Waals surface area contributed by atoms with Crippen LogP contribution in [-0.2, 0) is 19.6 Å². The molecular formula is C24H28N2O5S. The molecule has 0 radical (unpaired) electrons. The Morgan fingerprint density at radius 1 is 1.31 bits per heavy atom. The van der Waals surface area contributed by atoms with E-state index in [1.54, 1.807) is 49.5 Å². The van der Waals surface area contributed by atoms with Crippen LogP contribution in [-0.4, -0.2) is 62.0 Å². The first kappa shape index (κ1) is 23.8. The number of benzene rings is 1. The van der Waals surface area contributed by atoms with Crippen LogP contribution in [0.15, 0.2) is 52.7 Å². The number of likely N-dealkylation sites (N-methyl/N-ethyl adjacent to an activating group) is 1. The van der Waals surface area contributed by atoms with Crippen LogP contribution in [0.3, 0.4) is 0 Å². The minimum absolute atomic E-state index is 0.0714. The second kappa shape index (κ2) is 9.74. The number of ether oxygens (including phenoxy) is 1. The highest BCUT2D eigenvalue weighted by Crippen LogP contribution is 2.33. The minimum Gasteiger partial charge on any atom is -0.481 e. The average molecular weight is 457 g/mol. The first-order valence-corrected chi connectivity index (χ1v) is 11.8. The molecule has 1 fully saturated rings. The van der Waals surface area contributed by atoms with E-state index in [1.807, 2.05) is 13.0 Å². The maximum atomic E-state index is 13.6. The predicted octanol–water partition coefficient (Wildman–Crippen LogP) is 3.00. The first-order valence-electron chi connectivity index (χ1n) is 10.4. The summed E-state index contributed by atoms with van der Waals surface area (Å²) in [7, 11) is -0.319. The molecule has 2 aliphatic heterocycles. The number of methoxy groups -OCH3 is 1. The molecule has 0 aliphatic carbocycles. The summed E-state index contributed by atoms with van der Waals surface area (Å²) in [6, 6.07) is 5.33. The van der Waals surface area contributed by atoms with Crippen LogP contribution in [0.5, 0.6) is 0 Å². The number of aryl methyl sites for hydroxylation is 1. The number of aliphatic carboxylic acids is 1. The van der Waals surface area contributed by atoms with Crippen molar-refractivity contribution < 1.29 is 23.1 Å². The predicted molar refractivity (Wildman–Crippen MR) is 123 cm³/mol. The van der Waals surface area contributed by atoms with Crippen LogP contribution < -0.4 is 0 Å². The molecule has 0 atom stereocenters. The molecular weight excluding hydrogens is 428 g/mol. The largest absolute Gasteiger partial charge is 0.481 e. The van der Waals surface area contributed by atoms with E-state index in [-0.39, 0.29) is 17.4 Å². The topological polar surface area (TPSA) is 87.1 Å². The molecule has 0 bridgehead atoms. The lowest BCUT2D eigenvalue weighted by atomic mass is 9.98. The summed E-state index contributed by atoms with van der Waals surface area (Å²) < 4.78 is 34.0. The quantitative estimate of drug-likeness (QED) is 0.663. The molecule has 170 valence electrons. The summed E-state index contributed by atoms with van der Waals surface area (Å²) >= 11 is 0.